The lowest BCUT2D eigenvalue weighted by molar-refractivity contribution is -0.123. The topological polar surface area (TPSA) is 53.0 Å². The van der Waals surface area contributed by atoms with Gasteiger partial charge in [0.15, 0.2) is 0 Å². The molecule has 0 unspecified atom stereocenters. The van der Waals surface area contributed by atoms with E-state index in [1.807, 2.05) is 29.2 Å². The molecule has 2 aromatic rings. The average Bonchev–Trinajstić information content (AvgIpc) is 3.32. The van der Waals surface area contributed by atoms with Gasteiger partial charge in [-0.3, -0.25) is 9.69 Å². The molecule has 158 valence electrons. The third-order valence-corrected chi connectivity index (χ3v) is 7.34. The Kier molecular flexibility index (Phi) is 5.25. The highest BCUT2D eigenvalue weighted by Gasteiger charge is 2.53. The molecule has 30 heavy (non-hydrogen) atoms. The van der Waals surface area contributed by atoms with Crippen molar-refractivity contribution in [2.45, 2.75) is 50.2 Å². The van der Waals surface area contributed by atoms with Crippen LogP contribution in [-0.4, -0.2) is 48.3 Å². The van der Waals surface area contributed by atoms with Crippen LogP contribution in [-0.2, 0) is 11.3 Å². The molecule has 0 bridgehead atoms. The van der Waals surface area contributed by atoms with Crippen molar-refractivity contribution in [3.63, 3.8) is 0 Å². The molecule has 0 radical (unpaired) electrons. The first kappa shape index (κ1) is 19.6. The first-order valence-corrected chi connectivity index (χ1v) is 11.1. The van der Waals surface area contributed by atoms with Crippen LogP contribution in [0.5, 0.6) is 5.75 Å². The second-order valence-corrected chi connectivity index (χ2v) is 8.82. The summed E-state index contributed by atoms with van der Waals surface area (Å²) in [6.07, 6.45) is 4.33. The van der Waals surface area contributed by atoms with E-state index in [0.717, 1.165) is 42.7 Å². The number of fused-ring (bicyclic) bond motifs is 3. The molecule has 3 atom stereocenters. The van der Waals surface area contributed by atoms with Crippen molar-refractivity contribution >= 4 is 11.6 Å². The average molecular weight is 407 g/mol. The van der Waals surface area contributed by atoms with E-state index in [-0.39, 0.29) is 36.4 Å². The number of hydrogen-bond donors (Lipinski definition) is 1. The number of aliphatic hydroxyl groups is 1. The zero-order chi connectivity index (χ0) is 20.7. The van der Waals surface area contributed by atoms with Crippen LogP contribution in [0.1, 0.15) is 42.7 Å². The van der Waals surface area contributed by atoms with Crippen LogP contribution in [0.25, 0.3) is 0 Å². The summed E-state index contributed by atoms with van der Waals surface area (Å²) in [4.78, 5) is 17.8. The molecular weight excluding hydrogens is 376 g/mol. The van der Waals surface area contributed by atoms with E-state index in [0.29, 0.717) is 13.1 Å². The molecule has 1 aliphatic carbocycles. The maximum atomic E-state index is 13.4. The predicted octanol–water partition coefficient (Wildman–Crippen LogP) is 3.56. The van der Waals surface area contributed by atoms with Gasteiger partial charge in [0, 0.05) is 48.3 Å². The Morgan fingerprint density at radius 1 is 1.10 bits per heavy atom. The van der Waals surface area contributed by atoms with Gasteiger partial charge in [0.25, 0.3) is 0 Å². The Morgan fingerprint density at radius 3 is 2.60 bits per heavy atom. The van der Waals surface area contributed by atoms with Crippen LogP contribution in [0.3, 0.4) is 0 Å². The normalized spacial score (nSPS) is 26.1. The van der Waals surface area contributed by atoms with Gasteiger partial charge >= 0.3 is 0 Å². The van der Waals surface area contributed by atoms with Gasteiger partial charge in [-0.2, -0.15) is 0 Å². The number of hydrogen-bond acceptors (Lipinski definition) is 4. The quantitative estimate of drug-likeness (QED) is 0.825. The number of aliphatic hydroxyl groups excluding tert-OH is 1. The van der Waals surface area contributed by atoms with Crippen LogP contribution in [0.4, 0.5) is 5.69 Å². The van der Waals surface area contributed by atoms with Crippen LogP contribution < -0.4 is 9.64 Å². The zero-order valence-electron chi connectivity index (χ0n) is 17.5. The van der Waals surface area contributed by atoms with E-state index in [2.05, 4.69) is 29.2 Å². The summed E-state index contributed by atoms with van der Waals surface area (Å²) in [6, 6.07) is 16.6. The number of nitrogens with zero attached hydrogens (tertiary/aromatic N) is 2. The van der Waals surface area contributed by atoms with Crippen LogP contribution in [0.2, 0.25) is 0 Å². The van der Waals surface area contributed by atoms with E-state index in [9.17, 15) is 9.90 Å². The summed E-state index contributed by atoms with van der Waals surface area (Å²) in [7, 11) is 1.69. The highest BCUT2D eigenvalue weighted by Crippen LogP contribution is 2.49. The molecule has 2 aliphatic heterocycles. The Hall–Kier alpha value is -2.37. The van der Waals surface area contributed by atoms with Gasteiger partial charge in [-0.25, -0.2) is 0 Å². The maximum absolute atomic E-state index is 13.4. The molecular formula is C25H30N2O3. The van der Waals surface area contributed by atoms with Crippen molar-refractivity contribution in [1.29, 1.82) is 0 Å². The lowest BCUT2D eigenvalue weighted by Gasteiger charge is -2.59. The molecule has 1 saturated heterocycles. The summed E-state index contributed by atoms with van der Waals surface area (Å²) in [5.41, 5.74) is 3.37. The second kappa shape index (κ2) is 8.05. The van der Waals surface area contributed by atoms with E-state index < -0.39 is 0 Å². The largest absolute Gasteiger partial charge is 0.496 e. The van der Waals surface area contributed by atoms with Crippen molar-refractivity contribution in [3.05, 3.63) is 59.7 Å². The van der Waals surface area contributed by atoms with Crippen molar-refractivity contribution in [2.75, 3.05) is 25.2 Å². The minimum absolute atomic E-state index is 0.0600. The fourth-order valence-corrected chi connectivity index (χ4v) is 5.83. The number of ether oxygens (including phenoxy) is 1. The smallest absolute Gasteiger partial charge is 0.230 e. The van der Waals surface area contributed by atoms with Gasteiger partial charge in [-0.15, -0.1) is 0 Å². The van der Waals surface area contributed by atoms with Crippen LogP contribution in [0.15, 0.2) is 48.5 Å². The molecule has 5 heteroatoms. The number of benzene rings is 2. The first-order valence-electron chi connectivity index (χ1n) is 11.1. The number of likely N-dealkylation sites (tertiary alicyclic amines) is 1. The minimum Gasteiger partial charge on any atom is -0.496 e. The van der Waals surface area contributed by atoms with E-state index in [1.165, 1.54) is 5.56 Å². The van der Waals surface area contributed by atoms with Gasteiger partial charge in [-0.1, -0.05) is 49.2 Å². The molecule has 1 amide bonds. The second-order valence-electron chi connectivity index (χ2n) is 8.82. The SMILES string of the molecule is COc1ccccc1CN1[C@@H](CO)[C@@H]2c3ccccc3N(C(=O)C3CCCC3)C[C@@H]21. The summed E-state index contributed by atoms with van der Waals surface area (Å²) >= 11 is 0. The Morgan fingerprint density at radius 2 is 1.83 bits per heavy atom. The number of para-hydroxylation sites is 2. The fraction of sp³-hybridized carbons (Fsp3) is 0.480. The van der Waals surface area contributed by atoms with Gasteiger partial charge in [-0.05, 0) is 30.5 Å². The molecule has 5 nitrogen and oxygen atoms in total. The Balaban J connectivity index is 1.46. The standard InChI is InChI=1S/C25H30N2O3/c1-30-23-13-7-4-10-18(23)14-26-21-15-27(25(29)17-8-2-3-9-17)20-12-6-5-11-19(20)24(21)22(26)16-28/h4-7,10-13,17,21-22,24,28H,2-3,8-9,14-16H2,1H3/t21-,22-,24+/m0/s1. The maximum Gasteiger partial charge on any atom is 0.230 e. The lowest BCUT2D eigenvalue weighted by Crippen LogP contribution is -2.69. The van der Waals surface area contributed by atoms with Gasteiger partial charge in [0.1, 0.15) is 5.75 Å². The lowest BCUT2D eigenvalue weighted by atomic mass is 9.71. The molecule has 1 N–H and O–H groups in total. The number of methoxy groups -OCH3 is 1. The molecule has 2 heterocycles. The predicted molar refractivity (Wildman–Crippen MR) is 117 cm³/mol. The highest BCUT2D eigenvalue weighted by molar-refractivity contribution is 5.97. The number of rotatable bonds is 5. The minimum atomic E-state index is 0.0600. The zero-order valence-corrected chi connectivity index (χ0v) is 17.5. The summed E-state index contributed by atoms with van der Waals surface area (Å²) in [6.45, 7) is 1.52. The van der Waals surface area contributed by atoms with Gasteiger partial charge in [0.2, 0.25) is 5.91 Å². The number of amides is 1. The molecule has 1 saturated carbocycles. The number of anilines is 1. The van der Waals surface area contributed by atoms with Crippen molar-refractivity contribution in [2.24, 2.45) is 5.92 Å². The Bertz CT molecular complexity index is 924. The molecule has 3 aliphatic rings. The number of carbonyl (C=O) groups is 1. The van der Waals surface area contributed by atoms with Gasteiger partial charge < -0.3 is 14.7 Å². The summed E-state index contributed by atoms with van der Waals surface area (Å²) in [5.74, 6) is 1.57. The fourth-order valence-electron chi connectivity index (χ4n) is 5.83. The van der Waals surface area contributed by atoms with Crippen LogP contribution >= 0.6 is 0 Å². The van der Waals surface area contributed by atoms with E-state index >= 15 is 0 Å². The third-order valence-electron chi connectivity index (χ3n) is 7.34. The molecule has 0 aromatic heterocycles. The summed E-state index contributed by atoms with van der Waals surface area (Å²) < 4.78 is 5.55. The van der Waals surface area contributed by atoms with E-state index in [4.69, 9.17) is 4.74 Å². The van der Waals surface area contributed by atoms with Crippen molar-refractivity contribution in [1.82, 2.24) is 4.90 Å². The first-order chi connectivity index (χ1) is 14.7. The number of carbonyl (C=O) groups excluding carboxylic acids is 1. The third kappa shape index (κ3) is 3.12. The Labute approximate surface area is 178 Å². The highest BCUT2D eigenvalue weighted by atomic mass is 16.5. The molecule has 5 rings (SSSR count). The monoisotopic (exact) mass is 406 g/mol. The molecule has 0 spiro atoms. The molecule has 2 aromatic carbocycles. The van der Waals surface area contributed by atoms with Crippen molar-refractivity contribution < 1.29 is 14.6 Å². The van der Waals surface area contributed by atoms with Gasteiger partial charge in [0.05, 0.1) is 13.7 Å². The van der Waals surface area contributed by atoms with Crippen LogP contribution in [0, 0.1) is 5.92 Å². The summed E-state index contributed by atoms with van der Waals surface area (Å²) in [5, 5.41) is 10.2. The molecule has 2 fully saturated rings. The van der Waals surface area contributed by atoms with Crippen molar-refractivity contribution in [3.8, 4) is 5.75 Å². The van der Waals surface area contributed by atoms with E-state index in [1.54, 1.807) is 7.11 Å².